The molecular weight excluding hydrogens is 222 g/mol. The maximum Gasteiger partial charge on any atom is 0.104 e. The Balaban J connectivity index is 2.28. The normalized spacial score (nSPS) is 18.9. The predicted molar refractivity (Wildman–Crippen MR) is 76.1 cm³/mol. The van der Waals surface area contributed by atoms with E-state index < -0.39 is 5.54 Å². The minimum atomic E-state index is -0.604. The first kappa shape index (κ1) is 15.5. The smallest absolute Gasteiger partial charge is 0.104 e. The van der Waals surface area contributed by atoms with Crippen molar-refractivity contribution in [2.75, 3.05) is 13.1 Å². The Labute approximate surface area is 112 Å². The average Bonchev–Trinajstić information content (AvgIpc) is 3.17. The Bertz CT molecular complexity index is 278. The van der Waals surface area contributed by atoms with Gasteiger partial charge in [-0.05, 0) is 57.5 Å². The lowest BCUT2D eigenvalue weighted by Gasteiger charge is -2.25. The van der Waals surface area contributed by atoms with Crippen LogP contribution in [0.3, 0.4) is 0 Å². The third kappa shape index (κ3) is 5.37. The molecule has 0 aromatic carbocycles. The molecule has 3 nitrogen and oxygen atoms in total. The summed E-state index contributed by atoms with van der Waals surface area (Å²) in [6.45, 7) is 8.88. The molecule has 0 aliphatic heterocycles. The van der Waals surface area contributed by atoms with Gasteiger partial charge >= 0.3 is 0 Å². The minimum absolute atomic E-state index is 0.604. The van der Waals surface area contributed by atoms with Crippen LogP contribution in [0.2, 0.25) is 0 Å². The van der Waals surface area contributed by atoms with Gasteiger partial charge in [0.15, 0.2) is 0 Å². The molecule has 2 N–H and O–H groups in total. The molecule has 1 unspecified atom stereocenters. The topological polar surface area (TPSA) is 53.1 Å². The summed E-state index contributed by atoms with van der Waals surface area (Å²) in [6.07, 6.45) is 6.61. The highest BCUT2D eigenvalue weighted by atomic mass is 15.2. The maximum absolute atomic E-state index is 9.06. The van der Waals surface area contributed by atoms with E-state index in [4.69, 9.17) is 11.0 Å². The summed E-state index contributed by atoms with van der Waals surface area (Å²) >= 11 is 0. The van der Waals surface area contributed by atoms with Gasteiger partial charge in [-0.2, -0.15) is 5.26 Å². The molecule has 104 valence electrons. The molecule has 1 fully saturated rings. The number of hydrogen-bond acceptors (Lipinski definition) is 3. The molecule has 0 heterocycles. The highest BCUT2D eigenvalue weighted by molar-refractivity contribution is 5.03. The van der Waals surface area contributed by atoms with Crippen LogP contribution < -0.4 is 5.73 Å². The summed E-state index contributed by atoms with van der Waals surface area (Å²) in [4.78, 5) is 2.60. The highest BCUT2D eigenvalue weighted by Crippen LogP contribution is 2.28. The van der Waals surface area contributed by atoms with Crippen LogP contribution in [-0.4, -0.2) is 29.6 Å². The van der Waals surface area contributed by atoms with Crippen LogP contribution in [0.5, 0.6) is 0 Å². The average molecular weight is 251 g/mol. The maximum atomic E-state index is 9.06. The lowest BCUT2D eigenvalue weighted by molar-refractivity contribution is 0.237. The molecule has 0 spiro atoms. The first-order valence-corrected chi connectivity index (χ1v) is 7.45. The Hall–Kier alpha value is -0.590. The van der Waals surface area contributed by atoms with E-state index in [-0.39, 0.29) is 0 Å². The molecule has 0 saturated heterocycles. The molecule has 1 atom stereocenters. The third-order valence-corrected chi connectivity index (χ3v) is 3.98. The molecule has 0 amide bonds. The second kappa shape index (κ2) is 7.11. The number of nitrogens with zero attached hydrogens (tertiary/aromatic N) is 2. The Kier molecular flexibility index (Phi) is 6.11. The van der Waals surface area contributed by atoms with Crippen molar-refractivity contribution in [2.45, 2.75) is 70.9 Å². The van der Waals surface area contributed by atoms with E-state index in [1.807, 2.05) is 6.92 Å². The van der Waals surface area contributed by atoms with Crippen LogP contribution in [0, 0.1) is 17.2 Å². The summed E-state index contributed by atoms with van der Waals surface area (Å²) in [5.74, 6) is 0.773. The molecule has 18 heavy (non-hydrogen) atoms. The quantitative estimate of drug-likeness (QED) is 0.685. The van der Waals surface area contributed by atoms with Crippen LogP contribution >= 0.6 is 0 Å². The molecule has 0 aromatic rings. The van der Waals surface area contributed by atoms with E-state index in [9.17, 15) is 0 Å². The lowest BCUT2D eigenvalue weighted by Crippen LogP contribution is -2.38. The minimum Gasteiger partial charge on any atom is -0.313 e. The van der Waals surface area contributed by atoms with Crippen molar-refractivity contribution in [1.82, 2.24) is 4.90 Å². The van der Waals surface area contributed by atoms with Gasteiger partial charge in [-0.15, -0.1) is 0 Å². The molecule has 1 rings (SSSR count). The second-order valence-electron chi connectivity index (χ2n) is 6.17. The molecule has 0 radical (unpaired) electrons. The van der Waals surface area contributed by atoms with Gasteiger partial charge in [0, 0.05) is 6.04 Å². The van der Waals surface area contributed by atoms with E-state index in [0.29, 0.717) is 0 Å². The molecular formula is C15H29N3. The van der Waals surface area contributed by atoms with Crippen molar-refractivity contribution in [1.29, 1.82) is 5.26 Å². The van der Waals surface area contributed by atoms with E-state index >= 15 is 0 Å². The van der Waals surface area contributed by atoms with Crippen molar-refractivity contribution < 1.29 is 0 Å². The van der Waals surface area contributed by atoms with E-state index in [2.05, 4.69) is 24.8 Å². The number of rotatable bonds is 9. The zero-order chi connectivity index (χ0) is 13.6. The monoisotopic (exact) mass is 251 g/mol. The molecule has 1 aliphatic rings. The predicted octanol–water partition coefficient (Wildman–Crippen LogP) is 2.91. The standard InChI is InChI=1S/C15H29N3/c1-4-15(17,12-16)9-5-10-18(14-6-7-14)11-8-13(2)3/h13-14H,4-11,17H2,1-3H3. The summed E-state index contributed by atoms with van der Waals surface area (Å²) in [7, 11) is 0. The zero-order valence-electron chi connectivity index (χ0n) is 12.3. The van der Waals surface area contributed by atoms with Gasteiger partial charge in [0.25, 0.3) is 0 Å². The Morgan fingerprint density at radius 3 is 2.50 bits per heavy atom. The molecule has 1 saturated carbocycles. The van der Waals surface area contributed by atoms with Gasteiger partial charge < -0.3 is 10.6 Å². The van der Waals surface area contributed by atoms with Gasteiger partial charge in [0.1, 0.15) is 5.54 Å². The number of hydrogen-bond donors (Lipinski definition) is 1. The van der Waals surface area contributed by atoms with Gasteiger partial charge in [-0.3, -0.25) is 0 Å². The zero-order valence-corrected chi connectivity index (χ0v) is 12.3. The Morgan fingerprint density at radius 1 is 1.39 bits per heavy atom. The van der Waals surface area contributed by atoms with Crippen LogP contribution in [0.25, 0.3) is 0 Å². The highest BCUT2D eigenvalue weighted by Gasteiger charge is 2.29. The summed E-state index contributed by atoms with van der Waals surface area (Å²) in [5.41, 5.74) is 5.41. The fraction of sp³-hybridized carbons (Fsp3) is 0.933. The van der Waals surface area contributed by atoms with Crippen molar-refractivity contribution in [3.63, 3.8) is 0 Å². The largest absolute Gasteiger partial charge is 0.313 e. The van der Waals surface area contributed by atoms with E-state index in [1.165, 1.54) is 25.8 Å². The van der Waals surface area contributed by atoms with Crippen molar-refractivity contribution in [3.8, 4) is 6.07 Å². The van der Waals surface area contributed by atoms with Crippen molar-refractivity contribution >= 4 is 0 Å². The Morgan fingerprint density at radius 2 is 2.06 bits per heavy atom. The van der Waals surface area contributed by atoms with Gasteiger partial charge in [-0.1, -0.05) is 20.8 Å². The summed E-state index contributed by atoms with van der Waals surface area (Å²) in [5, 5.41) is 9.06. The lowest BCUT2D eigenvalue weighted by atomic mass is 9.93. The molecule has 0 aromatic heterocycles. The van der Waals surface area contributed by atoms with E-state index in [0.717, 1.165) is 37.8 Å². The fourth-order valence-electron chi connectivity index (χ4n) is 2.25. The van der Waals surface area contributed by atoms with Crippen molar-refractivity contribution in [2.24, 2.45) is 11.7 Å². The molecule has 3 heteroatoms. The van der Waals surface area contributed by atoms with Crippen molar-refractivity contribution in [3.05, 3.63) is 0 Å². The van der Waals surface area contributed by atoms with Gasteiger partial charge in [0.2, 0.25) is 0 Å². The van der Waals surface area contributed by atoms with E-state index in [1.54, 1.807) is 0 Å². The molecule has 0 bridgehead atoms. The van der Waals surface area contributed by atoms with Gasteiger partial charge in [0.05, 0.1) is 6.07 Å². The van der Waals surface area contributed by atoms with Crippen LogP contribution in [-0.2, 0) is 0 Å². The van der Waals surface area contributed by atoms with Gasteiger partial charge in [-0.25, -0.2) is 0 Å². The second-order valence-corrected chi connectivity index (χ2v) is 6.17. The summed E-state index contributed by atoms with van der Waals surface area (Å²) < 4.78 is 0. The third-order valence-electron chi connectivity index (χ3n) is 3.98. The number of nitrogens with two attached hydrogens (primary N) is 1. The molecule has 1 aliphatic carbocycles. The first-order valence-electron chi connectivity index (χ1n) is 7.45. The number of nitriles is 1. The van der Waals surface area contributed by atoms with Crippen LogP contribution in [0.15, 0.2) is 0 Å². The van der Waals surface area contributed by atoms with Crippen LogP contribution in [0.4, 0.5) is 0 Å². The van der Waals surface area contributed by atoms with Crippen LogP contribution in [0.1, 0.15) is 59.3 Å². The SMILES string of the molecule is CCC(N)(C#N)CCCN(CCC(C)C)C1CC1. The summed E-state index contributed by atoms with van der Waals surface area (Å²) in [6, 6.07) is 3.08. The first-order chi connectivity index (χ1) is 8.50. The fourth-order valence-corrected chi connectivity index (χ4v) is 2.25.